The molecule has 3 rings (SSSR count). The number of ether oxygens (including phenoxy) is 1. The van der Waals surface area contributed by atoms with E-state index in [4.69, 9.17) is 9.84 Å². The Hall–Kier alpha value is -1.14. The van der Waals surface area contributed by atoms with E-state index in [0.29, 0.717) is 19.1 Å². The van der Waals surface area contributed by atoms with Gasteiger partial charge in [0.1, 0.15) is 18.5 Å². The smallest absolute Gasteiger partial charge is 0.119 e. The van der Waals surface area contributed by atoms with Gasteiger partial charge in [0.2, 0.25) is 0 Å². The Bertz CT molecular complexity index is 508. The van der Waals surface area contributed by atoms with E-state index in [1.807, 2.05) is 12.1 Å². The summed E-state index contributed by atoms with van der Waals surface area (Å²) in [6.07, 6.45) is 6.23. The van der Waals surface area contributed by atoms with Crippen LogP contribution in [0.2, 0.25) is 0 Å². The molecule has 1 heterocycles. The van der Waals surface area contributed by atoms with Crippen molar-refractivity contribution in [3.63, 3.8) is 0 Å². The average Bonchev–Trinajstić information content (AvgIpc) is 2.69. The van der Waals surface area contributed by atoms with Gasteiger partial charge in [0, 0.05) is 39.3 Å². The van der Waals surface area contributed by atoms with Gasteiger partial charge in [-0.15, -0.1) is 0 Å². The lowest BCUT2D eigenvalue weighted by atomic mass is 9.84. The summed E-state index contributed by atoms with van der Waals surface area (Å²) in [5.74, 6) is 1.56. The average molecular weight is 363 g/mol. The normalized spacial score (nSPS) is 21.6. The van der Waals surface area contributed by atoms with E-state index >= 15 is 0 Å². The minimum atomic E-state index is -0.475. The fourth-order valence-corrected chi connectivity index (χ4v) is 4.15. The summed E-state index contributed by atoms with van der Waals surface area (Å²) in [4.78, 5) is 4.53. The van der Waals surface area contributed by atoms with E-state index in [0.717, 1.165) is 38.5 Å². The van der Waals surface area contributed by atoms with Crippen molar-refractivity contribution in [1.82, 2.24) is 9.80 Å². The summed E-state index contributed by atoms with van der Waals surface area (Å²) in [5.41, 5.74) is 1.43. The van der Waals surface area contributed by atoms with Crippen LogP contribution in [0.5, 0.6) is 5.75 Å². The molecule has 5 heteroatoms. The van der Waals surface area contributed by atoms with E-state index in [1.54, 1.807) is 0 Å². The van der Waals surface area contributed by atoms with Gasteiger partial charge in [-0.3, -0.25) is 9.80 Å². The second-order valence-corrected chi connectivity index (χ2v) is 7.73. The third-order valence-electron chi connectivity index (χ3n) is 5.75. The molecule has 2 N–H and O–H groups in total. The van der Waals surface area contributed by atoms with Gasteiger partial charge in [-0.1, -0.05) is 31.4 Å². The van der Waals surface area contributed by atoms with Crippen molar-refractivity contribution in [2.24, 2.45) is 0 Å². The maximum absolute atomic E-state index is 10.3. The van der Waals surface area contributed by atoms with Crippen LogP contribution in [-0.4, -0.2) is 78.6 Å². The number of aliphatic hydroxyl groups is 2. The molecule has 0 amide bonds. The zero-order valence-corrected chi connectivity index (χ0v) is 15.9. The fourth-order valence-electron chi connectivity index (χ4n) is 4.15. The Balaban J connectivity index is 1.37. The quantitative estimate of drug-likeness (QED) is 0.742. The van der Waals surface area contributed by atoms with Gasteiger partial charge >= 0.3 is 0 Å². The highest BCUT2D eigenvalue weighted by Gasteiger charge is 2.19. The number of hydrogen-bond donors (Lipinski definition) is 2. The number of nitrogens with zero attached hydrogens (tertiary/aromatic N) is 2. The number of aliphatic hydroxyl groups excluding tert-OH is 2. The summed E-state index contributed by atoms with van der Waals surface area (Å²) >= 11 is 0. The lowest BCUT2D eigenvalue weighted by Crippen LogP contribution is -2.49. The van der Waals surface area contributed by atoms with Crippen LogP contribution in [0.4, 0.5) is 0 Å². The standard InChI is InChI=1S/C21H34N2O3/c24-15-14-22-10-12-23(13-11-22)16-20(25)17-26-21-8-6-19(7-9-21)18-4-2-1-3-5-18/h6-9,18,20,24-25H,1-5,10-17H2. The predicted octanol–water partition coefficient (Wildman–Crippen LogP) is 2.08. The van der Waals surface area contributed by atoms with E-state index in [9.17, 15) is 5.11 Å². The molecule has 2 fully saturated rings. The van der Waals surface area contributed by atoms with Crippen molar-refractivity contribution in [3.8, 4) is 5.75 Å². The van der Waals surface area contributed by atoms with E-state index < -0.39 is 6.10 Å². The molecule has 2 aliphatic rings. The molecule has 0 aromatic heterocycles. The van der Waals surface area contributed by atoms with Gasteiger partial charge < -0.3 is 14.9 Å². The molecular formula is C21H34N2O3. The van der Waals surface area contributed by atoms with Crippen molar-refractivity contribution in [1.29, 1.82) is 0 Å². The van der Waals surface area contributed by atoms with Crippen molar-refractivity contribution in [2.45, 2.75) is 44.1 Å². The first-order chi connectivity index (χ1) is 12.7. The SMILES string of the molecule is OCCN1CCN(CC(O)COc2ccc(C3CCCCC3)cc2)CC1. The summed E-state index contributed by atoms with van der Waals surface area (Å²) in [5, 5.41) is 19.3. The number of hydrogen-bond acceptors (Lipinski definition) is 5. The van der Waals surface area contributed by atoms with Crippen LogP contribution < -0.4 is 4.74 Å². The zero-order chi connectivity index (χ0) is 18.2. The molecule has 0 spiro atoms. The number of β-amino-alcohol motifs (C(OH)–C–C–N with tert-alkyl or cyclic N) is 2. The number of piperazine rings is 1. The molecule has 146 valence electrons. The van der Waals surface area contributed by atoms with Crippen molar-refractivity contribution >= 4 is 0 Å². The van der Waals surface area contributed by atoms with Crippen molar-refractivity contribution in [2.75, 3.05) is 52.5 Å². The van der Waals surface area contributed by atoms with Crippen LogP contribution in [-0.2, 0) is 0 Å². The van der Waals surface area contributed by atoms with Crippen molar-refractivity contribution < 1.29 is 14.9 Å². The van der Waals surface area contributed by atoms with Gasteiger partial charge in [-0.25, -0.2) is 0 Å². The second kappa shape index (κ2) is 10.3. The summed E-state index contributed by atoms with van der Waals surface area (Å²) in [6, 6.07) is 8.48. The third kappa shape index (κ3) is 5.95. The molecule has 1 saturated carbocycles. The Morgan fingerprint density at radius 1 is 0.962 bits per heavy atom. The highest BCUT2D eigenvalue weighted by atomic mass is 16.5. The van der Waals surface area contributed by atoms with E-state index in [2.05, 4.69) is 21.9 Å². The first-order valence-corrected chi connectivity index (χ1v) is 10.2. The molecule has 1 atom stereocenters. The highest BCUT2D eigenvalue weighted by molar-refractivity contribution is 5.29. The topological polar surface area (TPSA) is 56.2 Å². The molecule has 1 aliphatic heterocycles. The molecule has 0 bridgehead atoms. The Kier molecular flexibility index (Phi) is 7.74. The lowest BCUT2D eigenvalue weighted by molar-refractivity contribution is 0.0428. The van der Waals surface area contributed by atoms with Crippen LogP contribution in [0.3, 0.4) is 0 Å². The third-order valence-corrected chi connectivity index (χ3v) is 5.75. The van der Waals surface area contributed by atoms with E-state index in [-0.39, 0.29) is 6.61 Å². The van der Waals surface area contributed by atoms with Gasteiger partial charge in [0.05, 0.1) is 6.61 Å². The predicted molar refractivity (Wildman–Crippen MR) is 104 cm³/mol. The Morgan fingerprint density at radius 3 is 2.27 bits per heavy atom. The van der Waals surface area contributed by atoms with Crippen LogP contribution in [0.15, 0.2) is 24.3 Å². The molecule has 5 nitrogen and oxygen atoms in total. The molecule has 1 aliphatic carbocycles. The Labute approximate surface area is 157 Å². The van der Waals surface area contributed by atoms with Gasteiger partial charge in [0.25, 0.3) is 0 Å². The molecular weight excluding hydrogens is 328 g/mol. The van der Waals surface area contributed by atoms with Crippen LogP contribution >= 0.6 is 0 Å². The van der Waals surface area contributed by atoms with Crippen LogP contribution in [0.1, 0.15) is 43.6 Å². The Morgan fingerprint density at radius 2 is 1.62 bits per heavy atom. The maximum Gasteiger partial charge on any atom is 0.119 e. The van der Waals surface area contributed by atoms with Gasteiger partial charge in [0.15, 0.2) is 0 Å². The second-order valence-electron chi connectivity index (χ2n) is 7.73. The fraction of sp³-hybridized carbons (Fsp3) is 0.714. The monoisotopic (exact) mass is 362 g/mol. The summed E-state index contributed by atoms with van der Waals surface area (Å²) in [6.45, 7) is 5.73. The minimum absolute atomic E-state index is 0.218. The first-order valence-electron chi connectivity index (χ1n) is 10.2. The molecule has 26 heavy (non-hydrogen) atoms. The van der Waals surface area contributed by atoms with Crippen LogP contribution in [0, 0.1) is 0 Å². The molecule has 1 aromatic carbocycles. The van der Waals surface area contributed by atoms with Gasteiger partial charge in [-0.05, 0) is 36.5 Å². The number of rotatable bonds is 8. The van der Waals surface area contributed by atoms with Crippen molar-refractivity contribution in [3.05, 3.63) is 29.8 Å². The molecule has 1 aromatic rings. The lowest BCUT2D eigenvalue weighted by Gasteiger charge is -2.35. The summed E-state index contributed by atoms with van der Waals surface area (Å²) < 4.78 is 5.79. The molecule has 1 saturated heterocycles. The van der Waals surface area contributed by atoms with E-state index in [1.165, 1.54) is 37.7 Å². The maximum atomic E-state index is 10.3. The number of benzene rings is 1. The van der Waals surface area contributed by atoms with Crippen LogP contribution in [0.25, 0.3) is 0 Å². The largest absolute Gasteiger partial charge is 0.491 e. The molecule has 1 unspecified atom stereocenters. The molecule has 0 radical (unpaired) electrons. The first kappa shape index (κ1) is 19.6. The summed E-state index contributed by atoms with van der Waals surface area (Å²) in [7, 11) is 0. The zero-order valence-electron chi connectivity index (χ0n) is 15.9. The minimum Gasteiger partial charge on any atom is -0.491 e. The highest BCUT2D eigenvalue weighted by Crippen LogP contribution is 2.33. The van der Waals surface area contributed by atoms with Gasteiger partial charge in [-0.2, -0.15) is 0 Å².